The fourth-order valence-corrected chi connectivity index (χ4v) is 3.51. The van der Waals surface area contributed by atoms with Crippen LogP contribution in [-0.2, 0) is 16.1 Å². The normalized spacial score (nSPS) is 24.6. The van der Waals surface area contributed by atoms with Gasteiger partial charge in [-0.3, -0.25) is 4.79 Å². The third-order valence-corrected chi connectivity index (χ3v) is 4.95. The van der Waals surface area contributed by atoms with Gasteiger partial charge in [-0.05, 0) is 32.1 Å². The molecule has 1 N–H and O–H groups in total. The lowest BCUT2D eigenvalue weighted by Crippen LogP contribution is -2.56. The summed E-state index contributed by atoms with van der Waals surface area (Å²) in [7, 11) is 0. The van der Waals surface area contributed by atoms with Gasteiger partial charge in [0.2, 0.25) is 5.91 Å². The Bertz CT molecular complexity index is 481. The van der Waals surface area contributed by atoms with Crippen LogP contribution >= 0.6 is 0 Å². The van der Waals surface area contributed by atoms with Gasteiger partial charge in [0.05, 0.1) is 18.0 Å². The topological polar surface area (TPSA) is 67.6 Å². The number of carbonyl (C=O) groups is 1. The molecule has 1 aromatic rings. The molecule has 0 saturated carbocycles. The van der Waals surface area contributed by atoms with Crippen LogP contribution < -0.4 is 0 Å². The number of carbonyl (C=O) groups excluding carboxylic acids is 1. The largest absolute Gasteiger partial charge is 0.390 e. The van der Waals surface area contributed by atoms with Gasteiger partial charge in [-0.25, -0.2) is 4.98 Å². The molecule has 0 aliphatic carbocycles. The lowest BCUT2D eigenvalue weighted by Gasteiger charge is -2.46. The van der Waals surface area contributed by atoms with E-state index in [-0.39, 0.29) is 12.0 Å². The predicted molar refractivity (Wildman–Crippen MR) is 81.2 cm³/mol. The van der Waals surface area contributed by atoms with Crippen molar-refractivity contribution in [3.05, 3.63) is 18.7 Å². The molecule has 0 radical (unpaired) electrons. The summed E-state index contributed by atoms with van der Waals surface area (Å²) in [4.78, 5) is 18.2. The number of rotatable bonds is 4. The summed E-state index contributed by atoms with van der Waals surface area (Å²) in [6, 6.07) is 0. The lowest BCUT2D eigenvalue weighted by atomic mass is 9.82. The number of imidazole rings is 1. The summed E-state index contributed by atoms with van der Waals surface area (Å²) in [5.74, 6) is 0.209. The minimum absolute atomic E-state index is 0.209. The van der Waals surface area contributed by atoms with E-state index in [9.17, 15) is 9.90 Å². The third kappa shape index (κ3) is 3.33. The van der Waals surface area contributed by atoms with Gasteiger partial charge in [0.1, 0.15) is 0 Å². The number of ether oxygens (including phenoxy) is 1. The van der Waals surface area contributed by atoms with E-state index in [2.05, 4.69) is 4.98 Å². The summed E-state index contributed by atoms with van der Waals surface area (Å²) in [6.07, 6.45) is 9.71. The highest BCUT2D eigenvalue weighted by molar-refractivity contribution is 5.76. The maximum absolute atomic E-state index is 12.3. The number of aliphatic hydroxyl groups excluding tert-OH is 1. The Balaban J connectivity index is 1.43. The van der Waals surface area contributed by atoms with E-state index in [1.807, 2.05) is 15.7 Å². The molecule has 2 aliphatic rings. The average molecular weight is 307 g/mol. The van der Waals surface area contributed by atoms with Crippen molar-refractivity contribution in [3.8, 4) is 0 Å². The number of aromatic nitrogens is 2. The minimum Gasteiger partial charge on any atom is -0.390 e. The van der Waals surface area contributed by atoms with Gasteiger partial charge in [-0.2, -0.15) is 0 Å². The molecule has 1 spiro atoms. The summed E-state index contributed by atoms with van der Waals surface area (Å²) in [6.45, 7) is 2.95. The molecule has 6 heteroatoms. The predicted octanol–water partition coefficient (Wildman–Crippen LogP) is 1.20. The van der Waals surface area contributed by atoms with Crippen molar-refractivity contribution in [2.75, 3.05) is 19.7 Å². The van der Waals surface area contributed by atoms with E-state index < -0.39 is 5.60 Å². The van der Waals surface area contributed by atoms with Crippen molar-refractivity contribution in [1.82, 2.24) is 14.5 Å². The second-order valence-corrected chi connectivity index (χ2v) is 6.36. The molecular weight excluding hydrogens is 282 g/mol. The maximum Gasteiger partial charge on any atom is 0.222 e. The Kier molecular flexibility index (Phi) is 4.78. The summed E-state index contributed by atoms with van der Waals surface area (Å²) in [5.41, 5.74) is -0.397. The molecule has 2 aliphatic heterocycles. The van der Waals surface area contributed by atoms with E-state index in [0.717, 1.165) is 45.3 Å². The first-order chi connectivity index (χ1) is 10.7. The van der Waals surface area contributed by atoms with Crippen LogP contribution in [0, 0.1) is 0 Å². The monoisotopic (exact) mass is 307 g/mol. The van der Waals surface area contributed by atoms with Crippen molar-refractivity contribution >= 4 is 5.91 Å². The molecule has 2 saturated heterocycles. The van der Waals surface area contributed by atoms with Crippen molar-refractivity contribution in [2.45, 2.75) is 56.8 Å². The van der Waals surface area contributed by atoms with Gasteiger partial charge in [-0.15, -0.1) is 0 Å². The second kappa shape index (κ2) is 6.79. The van der Waals surface area contributed by atoms with Crippen molar-refractivity contribution in [3.63, 3.8) is 0 Å². The SMILES string of the molecule is O=C(CCCn1ccnc1)N1CCC2(CC1)OCCCC2O. The molecule has 1 amide bonds. The van der Waals surface area contributed by atoms with Crippen LogP contribution in [0.4, 0.5) is 0 Å². The highest BCUT2D eigenvalue weighted by atomic mass is 16.5. The quantitative estimate of drug-likeness (QED) is 0.907. The number of hydrogen-bond donors (Lipinski definition) is 1. The van der Waals surface area contributed by atoms with Gasteiger partial charge in [0.25, 0.3) is 0 Å². The van der Waals surface area contributed by atoms with Crippen LogP contribution in [0.1, 0.15) is 38.5 Å². The smallest absolute Gasteiger partial charge is 0.222 e. The number of aryl methyl sites for hydroxylation is 1. The second-order valence-electron chi connectivity index (χ2n) is 6.36. The Hall–Kier alpha value is -1.40. The highest BCUT2D eigenvalue weighted by Gasteiger charge is 2.44. The molecule has 3 heterocycles. The number of amides is 1. The molecule has 6 nitrogen and oxygen atoms in total. The van der Waals surface area contributed by atoms with Crippen LogP contribution in [0.2, 0.25) is 0 Å². The summed E-state index contributed by atoms with van der Waals surface area (Å²) >= 11 is 0. The molecule has 0 aromatic carbocycles. The zero-order valence-corrected chi connectivity index (χ0v) is 13.0. The van der Waals surface area contributed by atoms with Crippen LogP contribution in [0.15, 0.2) is 18.7 Å². The zero-order chi connectivity index (χ0) is 15.4. The van der Waals surface area contributed by atoms with Crippen molar-refractivity contribution < 1.29 is 14.6 Å². The first-order valence-corrected chi connectivity index (χ1v) is 8.25. The van der Waals surface area contributed by atoms with Gasteiger partial charge in [-0.1, -0.05) is 0 Å². The Labute approximate surface area is 131 Å². The molecule has 3 rings (SSSR count). The van der Waals surface area contributed by atoms with E-state index in [4.69, 9.17) is 4.74 Å². The Morgan fingerprint density at radius 3 is 2.91 bits per heavy atom. The number of likely N-dealkylation sites (tertiary alicyclic amines) is 1. The van der Waals surface area contributed by atoms with Crippen LogP contribution in [0.5, 0.6) is 0 Å². The fraction of sp³-hybridized carbons (Fsp3) is 0.750. The van der Waals surface area contributed by atoms with Crippen LogP contribution in [0.25, 0.3) is 0 Å². The molecule has 22 heavy (non-hydrogen) atoms. The van der Waals surface area contributed by atoms with Crippen molar-refractivity contribution in [2.24, 2.45) is 0 Å². The standard InChI is InChI=1S/C16H25N3O3/c20-14-3-2-12-22-16(14)5-9-19(10-6-16)15(21)4-1-8-18-11-7-17-13-18/h7,11,13-14,20H,1-6,8-10,12H2. The zero-order valence-electron chi connectivity index (χ0n) is 13.0. The van der Waals surface area contributed by atoms with E-state index in [1.54, 1.807) is 12.5 Å². The van der Waals surface area contributed by atoms with E-state index >= 15 is 0 Å². The number of piperidine rings is 1. The fourth-order valence-electron chi connectivity index (χ4n) is 3.51. The van der Waals surface area contributed by atoms with Gasteiger partial charge < -0.3 is 19.3 Å². The average Bonchev–Trinajstić information content (AvgIpc) is 3.04. The van der Waals surface area contributed by atoms with Crippen LogP contribution in [-0.4, -0.2) is 56.9 Å². The molecule has 1 unspecified atom stereocenters. The Morgan fingerprint density at radius 1 is 1.41 bits per heavy atom. The lowest BCUT2D eigenvalue weighted by molar-refractivity contribution is -0.179. The molecule has 0 bridgehead atoms. The first kappa shape index (κ1) is 15.5. The molecule has 1 aromatic heterocycles. The first-order valence-electron chi connectivity index (χ1n) is 8.25. The molecule has 122 valence electrons. The summed E-state index contributed by atoms with van der Waals surface area (Å²) < 4.78 is 7.87. The van der Waals surface area contributed by atoms with Crippen LogP contribution in [0.3, 0.4) is 0 Å². The van der Waals surface area contributed by atoms with E-state index in [0.29, 0.717) is 19.5 Å². The summed E-state index contributed by atoms with van der Waals surface area (Å²) in [5, 5.41) is 10.2. The molecule has 1 atom stereocenters. The third-order valence-electron chi connectivity index (χ3n) is 4.95. The number of hydrogen-bond acceptors (Lipinski definition) is 4. The molecular formula is C16H25N3O3. The highest BCUT2D eigenvalue weighted by Crippen LogP contribution is 2.35. The number of nitrogens with zero attached hydrogens (tertiary/aromatic N) is 3. The minimum atomic E-state index is -0.397. The Morgan fingerprint density at radius 2 is 2.23 bits per heavy atom. The van der Waals surface area contributed by atoms with Crippen molar-refractivity contribution in [1.29, 1.82) is 0 Å². The van der Waals surface area contributed by atoms with E-state index in [1.165, 1.54) is 0 Å². The number of aliphatic hydroxyl groups is 1. The molecule has 2 fully saturated rings. The van der Waals surface area contributed by atoms with Gasteiger partial charge in [0.15, 0.2) is 0 Å². The van der Waals surface area contributed by atoms with Gasteiger partial charge >= 0.3 is 0 Å². The van der Waals surface area contributed by atoms with Gasteiger partial charge in [0, 0.05) is 45.1 Å². The maximum atomic E-state index is 12.3.